The van der Waals surface area contributed by atoms with E-state index in [1.54, 1.807) is 0 Å². The molecule has 2 N–H and O–H groups in total. The molecule has 0 aliphatic heterocycles. The molecule has 1 rings (SSSR count). The lowest BCUT2D eigenvalue weighted by Gasteiger charge is -2.24. The van der Waals surface area contributed by atoms with Gasteiger partial charge in [0.25, 0.3) is 0 Å². The van der Waals surface area contributed by atoms with E-state index in [4.69, 9.17) is 10.8 Å². The van der Waals surface area contributed by atoms with Crippen molar-refractivity contribution in [2.45, 2.75) is 25.7 Å². The summed E-state index contributed by atoms with van der Waals surface area (Å²) < 4.78 is 0. The van der Waals surface area contributed by atoms with E-state index in [-0.39, 0.29) is 23.4 Å². The highest BCUT2D eigenvalue weighted by Gasteiger charge is 2.27. The van der Waals surface area contributed by atoms with Crippen molar-refractivity contribution in [2.75, 3.05) is 0 Å². The molecule has 0 aromatic rings. The van der Waals surface area contributed by atoms with Gasteiger partial charge in [0.05, 0.1) is 12.4 Å². The van der Waals surface area contributed by atoms with Crippen LogP contribution in [-0.2, 0) is 9.59 Å². The first kappa shape index (κ1) is 10.8. The minimum Gasteiger partial charge on any atom is -0.305 e. The van der Waals surface area contributed by atoms with Gasteiger partial charge in [0.2, 0.25) is 0 Å². The van der Waals surface area contributed by atoms with Crippen molar-refractivity contribution in [3.05, 3.63) is 0 Å². The zero-order valence-electron chi connectivity index (χ0n) is 7.95. The third kappa shape index (κ3) is 2.34. The molecule has 14 heavy (non-hydrogen) atoms. The molecule has 0 radical (unpaired) electrons. The van der Waals surface area contributed by atoms with Gasteiger partial charge >= 0.3 is 0 Å². The van der Waals surface area contributed by atoms with Gasteiger partial charge in [-0.1, -0.05) is 0 Å². The zero-order valence-corrected chi connectivity index (χ0v) is 7.95. The maximum atomic E-state index is 11.1. The SMILES string of the molecule is N=CC(=O)C1CCC(C(=O)C=N)CC1. The van der Waals surface area contributed by atoms with Crippen LogP contribution in [0.25, 0.3) is 0 Å². The van der Waals surface area contributed by atoms with Crippen LogP contribution >= 0.6 is 0 Å². The molecule has 0 saturated heterocycles. The molecule has 0 aromatic heterocycles. The first-order valence-electron chi connectivity index (χ1n) is 4.77. The van der Waals surface area contributed by atoms with E-state index in [9.17, 15) is 9.59 Å². The zero-order chi connectivity index (χ0) is 10.6. The Balaban J connectivity index is 2.45. The second-order valence-electron chi connectivity index (χ2n) is 3.64. The molecule has 0 unspecified atom stereocenters. The summed E-state index contributed by atoms with van der Waals surface area (Å²) in [5.74, 6) is -0.402. The minimum absolute atomic E-state index is 0.0673. The van der Waals surface area contributed by atoms with Crippen molar-refractivity contribution in [3.63, 3.8) is 0 Å². The van der Waals surface area contributed by atoms with Crippen LogP contribution in [0.15, 0.2) is 0 Å². The first-order valence-corrected chi connectivity index (χ1v) is 4.77. The standard InChI is InChI=1S/C10H14N2O2/c11-5-9(13)7-1-2-8(4-3-7)10(14)6-12/h5-8,11-12H,1-4H2. The third-order valence-corrected chi connectivity index (χ3v) is 2.82. The van der Waals surface area contributed by atoms with Crippen LogP contribution in [0, 0.1) is 22.7 Å². The number of rotatable bonds is 4. The molecule has 0 spiro atoms. The van der Waals surface area contributed by atoms with Gasteiger partial charge in [-0.2, -0.15) is 0 Å². The fourth-order valence-electron chi connectivity index (χ4n) is 1.90. The van der Waals surface area contributed by atoms with Crippen molar-refractivity contribution < 1.29 is 9.59 Å². The number of Topliss-reactive ketones (excluding diaryl/α,β-unsaturated/α-hetero) is 2. The molecule has 1 fully saturated rings. The van der Waals surface area contributed by atoms with Crippen LogP contribution in [0.3, 0.4) is 0 Å². The van der Waals surface area contributed by atoms with Crippen LogP contribution in [0.5, 0.6) is 0 Å². The van der Waals surface area contributed by atoms with Crippen molar-refractivity contribution >= 4 is 24.0 Å². The fourth-order valence-corrected chi connectivity index (χ4v) is 1.90. The second-order valence-corrected chi connectivity index (χ2v) is 3.64. The van der Waals surface area contributed by atoms with Gasteiger partial charge in [0.15, 0.2) is 11.6 Å². The van der Waals surface area contributed by atoms with Gasteiger partial charge in [-0.05, 0) is 25.7 Å². The van der Waals surface area contributed by atoms with Gasteiger partial charge < -0.3 is 10.8 Å². The highest BCUT2D eigenvalue weighted by Crippen LogP contribution is 2.29. The largest absolute Gasteiger partial charge is 0.305 e. The van der Waals surface area contributed by atoms with Gasteiger partial charge in [-0.3, -0.25) is 9.59 Å². The van der Waals surface area contributed by atoms with Crippen LogP contribution < -0.4 is 0 Å². The summed E-state index contributed by atoms with van der Waals surface area (Å²) in [4.78, 5) is 22.3. The number of ketones is 2. The Morgan fingerprint density at radius 3 is 1.36 bits per heavy atom. The first-order chi connectivity index (χ1) is 6.69. The number of nitrogens with one attached hydrogen (secondary N) is 2. The smallest absolute Gasteiger partial charge is 0.176 e. The molecular formula is C10H14N2O2. The molecule has 1 aliphatic carbocycles. The predicted molar refractivity (Wildman–Crippen MR) is 53.0 cm³/mol. The maximum Gasteiger partial charge on any atom is 0.176 e. The van der Waals surface area contributed by atoms with Crippen LogP contribution in [0.2, 0.25) is 0 Å². The van der Waals surface area contributed by atoms with E-state index >= 15 is 0 Å². The fraction of sp³-hybridized carbons (Fsp3) is 0.600. The van der Waals surface area contributed by atoms with Crippen LogP contribution in [0.1, 0.15) is 25.7 Å². The summed E-state index contributed by atoms with van der Waals surface area (Å²) in [6, 6.07) is 0. The molecule has 0 amide bonds. The molecule has 4 heteroatoms. The highest BCUT2D eigenvalue weighted by atomic mass is 16.1. The molecule has 0 atom stereocenters. The van der Waals surface area contributed by atoms with Gasteiger partial charge in [0, 0.05) is 11.8 Å². The molecule has 1 aliphatic rings. The lowest BCUT2D eigenvalue weighted by molar-refractivity contribution is -0.121. The quantitative estimate of drug-likeness (QED) is 0.660. The normalized spacial score (nSPS) is 26.6. The summed E-state index contributed by atoms with van der Waals surface area (Å²) in [5, 5.41) is 13.7. The second kappa shape index (κ2) is 4.79. The molecule has 4 nitrogen and oxygen atoms in total. The molecule has 0 bridgehead atoms. The van der Waals surface area contributed by atoms with Crippen LogP contribution in [-0.4, -0.2) is 24.0 Å². The van der Waals surface area contributed by atoms with E-state index in [1.807, 2.05) is 0 Å². The Labute approximate surface area is 82.7 Å². The van der Waals surface area contributed by atoms with Gasteiger partial charge in [-0.25, -0.2) is 0 Å². The van der Waals surface area contributed by atoms with Gasteiger partial charge in [0.1, 0.15) is 0 Å². The minimum atomic E-state index is -0.134. The Kier molecular flexibility index (Phi) is 3.68. The van der Waals surface area contributed by atoms with E-state index in [1.165, 1.54) is 0 Å². The van der Waals surface area contributed by atoms with Crippen molar-refractivity contribution in [1.82, 2.24) is 0 Å². The van der Waals surface area contributed by atoms with E-state index in [2.05, 4.69) is 0 Å². The van der Waals surface area contributed by atoms with E-state index in [0.29, 0.717) is 25.7 Å². The van der Waals surface area contributed by atoms with Crippen molar-refractivity contribution in [3.8, 4) is 0 Å². The highest BCUT2D eigenvalue weighted by molar-refractivity contribution is 6.28. The monoisotopic (exact) mass is 194 g/mol. The van der Waals surface area contributed by atoms with E-state index in [0.717, 1.165) is 12.4 Å². The Morgan fingerprint density at radius 2 is 1.14 bits per heavy atom. The average molecular weight is 194 g/mol. The molecular weight excluding hydrogens is 180 g/mol. The molecule has 76 valence electrons. The topological polar surface area (TPSA) is 81.8 Å². The van der Waals surface area contributed by atoms with Crippen LogP contribution in [0.4, 0.5) is 0 Å². The Hall–Kier alpha value is -1.32. The number of hydrogen-bond donors (Lipinski definition) is 2. The van der Waals surface area contributed by atoms with Crippen molar-refractivity contribution in [1.29, 1.82) is 10.8 Å². The summed E-state index contributed by atoms with van der Waals surface area (Å²) in [5.41, 5.74) is 0. The molecule has 1 saturated carbocycles. The third-order valence-electron chi connectivity index (χ3n) is 2.82. The lowest BCUT2D eigenvalue weighted by atomic mass is 9.78. The molecule has 0 aromatic carbocycles. The Morgan fingerprint density at radius 1 is 0.857 bits per heavy atom. The summed E-state index contributed by atoms with van der Waals surface area (Å²) in [6.45, 7) is 0. The number of carbonyl (C=O) groups is 2. The Bertz CT molecular complexity index is 237. The van der Waals surface area contributed by atoms with E-state index < -0.39 is 0 Å². The van der Waals surface area contributed by atoms with Crippen molar-refractivity contribution in [2.24, 2.45) is 11.8 Å². The maximum absolute atomic E-state index is 11.1. The number of carbonyl (C=O) groups excluding carboxylic acids is 2. The summed E-state index contributed by atoms with van der Waals surface area (Å²) >= 11 is 0. The number of hydrogen-bond acceptors (Lipinski definition) is 4. The predicted octanol–water partition coefficient (Wildman–Crippen LogP) is 1.23. The molecule has 0 heterocycles. The summed E-state index contributed by atoms with van der Waals surface area (Å²) in [7, 11) is 0. The summed E-state index contributed by atoms with van der Waals surface area (Å²) in [6.07, 6.45) is 4.45. The van der Waals surface area contributed by atoms with Gasteiger partial charge in [-0.15, -0.1) is 0 Å². The lowest BCUT2D eigenvalue weighted by Crippen LogP contribution is -2.26. The average Bonchev–Trinajstić information content (AvgIpc) is 2.27.